The van der Waals surface area contributed by atoms with E-state index >= 15 is 0 Å². The zero-order chi connectivity index (χ0) is 16.5. The van der Waals surface area contributed by atoms with Crippen LogP contribution in [0.4, 0.5) is 18.9 Å². The highest BCUT2D eigenvalue weighted by Crippen LogP contribution is 2.46. The first-order valence-electron chi connectivity index (χ1n) is 6.64. The van der Waals surface area contributed by atoms with Crippen molar-refractivity contribution < 1.29 is 27.8 Å². The third-order valence-corrected chi connectivity index (χ3v) is 3.86. The Bertz CT molecular complexity index is 550. The number of ether oxygens (including phenoxy) is 1. The molecule has 1 amide bonds. The third kappa shape index (κ3) is 3.05. The van der Waals surface area contributed by atoms with Crippen molar-refractivity contribution in [3.8, 4) is 0 Å². The lowest BCUT2D eigenvalue weighted by Gasteiger charge is -2.30. The van der Waals surface area contributed by atoms with Gasteiger partial charge in [-0.25, -0.2) is 9.97 Å². The maximum Gasteiger partial charge on any atom is 0.417 e. The summed E-state index contributed by atoms with van der Waals surface area (Å²) in [5.41, 5.74) is -2.12. The predicted octanol–water partition coefficient (Wildman–Crippen LogP) is 1.65. The number of aromatic nitrogens is 2. The van der Waals surface area contributed by atoms with Crippen LogP contribution in [0.25, 0.3) is 0 Å². The summed E-state index contributed by atoms with van der Waals surface area (Å²) in [6, 6.07) is 0. The minimum atomic E-state index is -4.55. The first-order chi connectivity index (χ1) is 10.2. The van der Waals surface area contributed by atoms with Crippen LogP contribution in [0.5, 0.6) is 0 Å². The molecule has 1 aliphatic heterocycles. The highest BCUT2D eigenvalue weighted by molar-refractivity contribution is 5.94. The van der Waals surface area contributed by atoms with Gasteiger partial charge in [0.2, 0.25) is 0 Å². The topological polar surface area (TPSA) is 84.3 Å². The van der Waals surface area contributed by atoms with Crippen molar-refractivity contribution in [2.75, 3.05) is 5.32 Å². The number of halogens is 3. The Labute approximate surface area is 124 Å². The molecule has 1 fully saturated rings. The van der Waals surface area contributed by atoms with Crippen LogP contribution >= 0.6 is 0 Å². The van der Waals surface area contributed by atoms with Gasteiger partial charge in [-0.15, -0.1) is 0 Å². The van der Waals surface area contributed by atoms with Crippen molar-refractivity contribution in [3.63, 3.8) is 0 Å². The molecule has 2 rings (SSSR count). The van der Waals surface area contributed by atoms with Crippen LogP contribution in [0.3, 0.4) is 0 Å². The fourth-order valence-electron chi connectivity index (χ4n) is 2.24. The number of hydrogen-bond donors (Lipinski definition) is 2. The van der Waals surface area contributed by atoms with E-state index in [2.05, 4.69) is 15.3 Å². The summed E-state index contributed by atoms with van der Waals surface area (Å²) < 4.78 is 44.1. The molecule has 9 heteroatoms. The van der Waals surface area contributed by atoms with E-state index in [0.717, 1.165) is 6.92 Å². The molecule has 0 spiro atoms. The van der Waals surface area contributed by atoms with Crippen LogP contribution in [0.15, 0.2) is 12.4 Å². The molecule has 1 aliphatic rings. The van der Waals surface area contributed by atoms with Gasteiger partial charge in [-0.05, 0) is 19.3 Å². The average molecular weight is 319 g/mol. The van der Waals surface area contributed by atoms with Gasteiger partial charge in [0, 0.05) is 0 Å². The molecule has 3 unspecified atom stereocenters. The second-order valence-electron chi connectivity index (χ2n) is 5.38. The second kappa shape index (κ2) is 5.81. The number of carbonyl (C=O) groups excluding carboxylic acids is 1. The first kappa shape index (κ1) is 16.6. The number of nitrogens with one attached hydrogen (secondary N) is 1. The minimum absolute atomic E-state index is 0.0303. The Balaban J connectivity index is 2.05. The number of nitrogens with zero attached hydrogens (tertiary/aromatic N) is 2. The first-order valence-corrected chi connectivity index (χ1v) is 6.64. The molecule has 0 aromatic carbocycles. The zero-order valence-electron chi connectivity index (χ0n) is 12.0. The molecular weight excluding hydrogens is 303 g/mol. The highest BCUT2D eigenvalue weighted by Gasteiger charge is 2.61. The maximum absolute atomic E-state index is 13.0. The molecule has 1 saturated heterocycles. The molecule has 2 heterocycles. The number of aliphatic hydroxyl groups is 1. The summed E-state index contributed by atoms with van der Waals surface area (Å²) in [7, 11) is 0. The van der Waals surface area contributed by atoms with Crippen molar-refractivity contribution >= 4 is 11.6 Å². The Morgan fingerprint density at radius 2 is 2.09 bits per heavy atom. The number of rotatable bonds is 3. The smallest absolute Gasteiger partial charge is 0.388 e. The van der Waals surface area contributed by atoms with Gasteiger partial charge in [0.25, 0.3) is 5.91 Å². The summed E-state index contributed by atoms with van der Waals surface area (Å²) in [6.45, 7) is 2.01. The van der Waals surface area contributed by atoms with Gasteiger partial charge in [-0.3, -0.25) is 4.79 Å². The second-order valence-corrected chi connectivity index (χ2v) is 5.38. The van der Waals surface area contributed by atoms with Crippen molar-refractivity contribution in [1.29, 1.82) is 0 Å². The van der Waals surface area contributed by atoms with E-state index in [-0.39, 0.29) is 24.5 Å². The van der Waals surface area contributed by atoms with Crippen LogP contribution in [0.1, 0.15) is 26.1 Å². The summed E-state index contributed by atoms with van der Waals surface area (Å²) in [6.07, 6.45) is -3.25. The Kier molecular flexibility index (Phi) is 4.39. The van der Waals surface area contributed by atoms with Gasteiger partial charge >= 0.3 is 6.18 Å². The summed E-state index contributed by atoms with van der Waals surface area (Å²) in [5, 5.41) is 11.2. The largest absolute Gasteiger partial charge is 0.417 e. The standard InChI is InChI=1S/C13H16F3N3O3/c1-7-3-9(22-12(7,2)13(14,15)16)11(21)19-8-4-17-10(6-20)18-5-8/h4-5,7,9,20H,3,6H2,1-2H3,(H,19,21). The van der Waals surface area contributed by atoms with Crippen LogP contribution < -0.4 is 5.32 Å². The number of hydrogen-bond acceptors (Lipinski definition) is 5. The van der Waals surface area contributed by atoms with Gasteiger partial charge in [0.15, 0.2) is 11.4 Å². The van der Waals surface area contributed by atoms with Gasteiger partial charge in [-0.1, -0.05) is 6.92 Å². The van der Waals surface area contributed by atoms with E-state index in [1.54, 1.807) is 0 Å². The molecule has 0 aliphatic carbocycles. The molecule has 6 nitrogen and oxygen atoms in total. The number of carbonyl (C=O) groups is 1. The van der Waals surface area contributed by atoms with E-state index in [4.69, 9.17) is 9.84 Å². The molecular formula is C13H16F3N3O3. The van der Waals surface area contributed by atoms with E-state index in [1.807, 2.05) is 0 Å². The van der Waals surface area contributed by atoms with Gasteiger partial charge in [-0.2, -0.15) is 13.2 Å². The third-order valence-electron chi connectivity index (χ3n) is 3.86. The summed E-state index contributed by atoms with van der Waals surface area (Å²) in [4.78, 5) is 19.5. The molecule has 0 bridgehead atoms. The van der Waals surface area contributed by atoms with Crippen LogP contribution in [-0.2, 0) is 16.1 Å². The summed E-state index contributed by atoms with van der Waals surface area (Å²) >= 11 is 0. The maximum atomic E-state index is 13.0. The van der Waals surface area contributed by atoms with Crippen molar-refractivity contribution in [2.45, 2.75) is 44.8 Å². The van der Waals surface area contributed by atoms with E-state index < -0.39 is 29.7 Å². The molecule has 122 valence electrons. The summed E-state index contributed by atoms with van der Waals surface area (Å²) in [5.74, 6) is -1.34. The van der Waals surface area contributed by atoms with Gasteiger partial charge < -0.3 is 15.2 Å². The van der Waals surface area contributed by atoms with Crippen molar-refractivity contribution in [2.24, 2.45) is 5.92 Å². The zero-order valence-corrected chi connectivity index (χ0v) is 12.0. The number of anilines is 1. The Hall–Kier alpha value is -1.74. The lowest BCUT2D eigenvalue weighted by Crippen LogP contribution is -2.47. The number of aliphatic hydroxyl groups excluding tert-OH is 1. The van der Waals surface area contributed by atoms with Crippen LogP contribution in [-0.4, -0.2) is 38.9 Å². The quantitative estimate of drug-likeness (QED) is 0.885. The highest BCUT2D eigenvalue weighted by atomic mass is 19.4. The molecule has 1 aromatic heterocycles. The van der Waals surface area contributed by atoms with Crippen molar-refractivity contribution in [3.05, 3.63) is 18.2 Å². The molecule has 1 aromatic rings. The minimum Gasteiger partial charge on any atom is -0.388 e. The normalized spacial score (nSPS) is 28.6. The fraction of sp³-hybridized carbons (Fsp3) is 0.615. The number of amides is 1. The van der Waals surface area contributed by atoms with E-state index in [1.165, 1.54) is 19.3 Å². The Morgan fingerprint density at radius 3 is 2.55 bits per heavy atom. The fourth-order valence-corrected chi connectivity index (χ4v) is 2.24. The molecule has 0 saturated carbocycles. The lowest BCUT2D eigenvalue weighted by atomic mass is 9.89. The lowest BCUT2D eigenvalue weighted by molar-refractivity contribution is -0.272. The van der Waals surface area contributed by atoms with E-state index in [9.17, 15) is 18.0 Å². The van der Waals surface area contributed by atoms with E-state index in [0.29, 0.717) is 0 Å². The molecule has 3 atom stereocenters. The SMILES string of the molecule is CC1CC(C(=O)Nc2cnc(CO)nc2)OC1(C)C(F)(F)F. The Morgan fingerprint density at radius 1 is 1.50 bits per heavy atom. The molecule has 2 N–H and O–H groups in total. The van der Waals surface area contributed by atoms with Crippen LogP contribution in [0, 0.1) is 5.92 Å². The van der Waals surface area contributed by atoms with Crippen LogP contribution in [0.2, 0.25) is 0 Å². The molecule has 22 heavy (non-hydrogen) atoms. The predicted molar refractivity (Wildman–Crippen MR) is 69.7 cm³/mol. The monoisotopic (exact) mass is 319 g/mol. The number of alkyl halides is 3. The van der Waals surface area contributed by atoms with Gasteiger partial charge in [0.05, 0.1) is 18.1 Å². The molecule has 0 radical (unpaired) electrons. The van der Waals surface area contributed by atoms with Gasteiger partial charge in [0.1, 0.15) is 12.7 Å². The average Bonchev–Trinajstić information content (AvgIpc) is 2.77. The van der Waals surface area contributed by atoms with Crippen molar-refractivity contribution in [1.82, 2.24) is 9.97 Å².